The molecule has 0 spiro atoms. The summed E-state index contributed by atoms with van der Waals surface area (Å²) in [4.78, 5) is 4.48. The topological polar surface area (TPSA) is 67.4 Å². The van der Waals surface area contributed by atoms with Crippen molar-refractivity contribution in [3.8, 4) is 11.9 Å². The Kier molecular flexibility index (Phi) is 2.69. The molecule has 0 unspecified atom stereocenters. The van der Waals surface area contributed by atoms with Crippen LogP contribution in [0.2, 0.25) is 0 Å². The first-order valence-electron chi connectivity index (χ1n) is 5.92. The van der Waals surface area contributed by atoms with E-state index in [2.05, 4.69) is 21.3 Å². The smallest absolute Gasteiger partial charge is 0.161 e. The minimum Gasteiger partial charge on any atom is -0.278 e. The van der Waals surface area contributed by atoms with E-state index in [1.807, 2.05) is 41.8 Å². The number of hydrogen-bond donors (Lipinski definition) is 0. The summed E-state index contributed by atoms with van der Waals surface area (Å²) < 4.78 is 1.89. The van der Waals surface area contributed by atoms with Crippen LogP contribution in [0.4, 0.5) is 0 Å². The predicted octanol–water partition coefficient (Wildman–Crippen LogP) is 2.19. The van der Waals surface area contributed by atoms with Crippen molar-refractivity contribution in [2.75, 3.05) is 0 Å². The average molecular weight is 249 g/mol. The van der Waals surface area contributed by atoms with E-state index in [0.717, 1.165) is 16.6 Å². The average Bonchev–Trinajstić information content (AvgIpc) is 2.77. The molecule has 92 valence electrons. The predicted molar refractivity (Wildman–Crippen MR) is 70.7 cm³/mol. The molecule has 1 aromatic carbocycles. The Morgan fingerprint density at radius 3 is 2.95 bits per heavy atom. The van der Waals surface area contributed by atoms with Crippen molar-refractivity contribution in [1.82, 2.24) is 19.7 Å². The van der Waals surface area contributed by atoms with Crippen molar-refractivity contribution in [3.63, 3.8) is 0 Å². The number of benzene rings is 1. The van der Waals surface area contributed by atoms with E-state index >= 15 is 0 Å². The van der Waals surface area contributed by atoms with Gasteiger partial charge in [0.15, 0.2) is 5.82 Å². The van der Waals surface area contributed by atoms with E-state index < -0.39 is 0 Å². The van der Waals surface area contributed by atoms with Crippen LogP contribution in [0.5, 0.6) is 0 Å². The molecule has 0 amide bonds. The normalized spacial score (nSPS) is 10.5. The van der Waals surface area contributed by atoms with Crippen molar-refractivity contribution in [2.45, 2.75) is 13.3 Å². The number of imidazole rings is 1. The number of aromatic nitrogens is 4. The van der Waals surface area contributed by atoms with E-state index in [9.17, 15) is 0 Å². The fourth-order valence-corrected chi connectivity index (χ4v) is 2.08. The van der Waals surface area contributed by atoms with Crippen LogP contribution in [-0.4, -0.2) is 19.7 Å². The quantitative estimate of drug-likeness (QED) is 0.698. The van der Waals surface area contributed by atoms with Crippen LogP contribution in [-0.2, 0) is 6.42 Å². The third kappa shape index (κ3) is 1.93. The third-order valence-electron chi connectivity index (χ3n) is 2.87. The second-order valence-corrected chi connectivity index (χ2v) is 4.28. The monoisotopic (exact) mass is 249 g/mol. The highest BCUT2D eigenvalue weighted by Gasteiger charge is 2.13. The fourth-order valence-electron chi connectivity index (χ4n) is 2.08. The van der Waals surface area contributed by atoms with Crippen molar-refractivity contribution in [1.29, 1.82) is 5.26 Å². The summed E-state index contributed by atoms with van der Waals surface area (Å²) in [6.07, 6.45) is 1.94. The molecule has 0 aliphatic carbocycles. The van der Waals surface area contributed by atoms with E-state index in [4.69, 9.17) is 5.26 Å². The Hall–Kier alpha value is -2.74. The van der Waals surface area contributed by atoms with Gasteiger partial charge in [0.2, 0.25) is 0 Å². The van der Waals surface area contributed by atoms with Crippen LogP contribution in [0.1, 0.15) is 11.4 Å². The molecule has 0 bridgehead atoms. The molecule has 0 saturated carbocycles. The first kappa shape index (κ1) is 11.4. The standard InChI is InChI=1S/C14H11N5/c1-10-8-14(18-16-9-10)19-12-5-3-2-4-11(12)17-13(19)6-7-15/h2-5,8-9H,6H2,1H3. The van der Waals surface area contributed by atoms with Crippen LogP contribution >= 0.6 is 0 Å². The number of rotatable bonds is 2. The van der Waals surface area contributed by atoms with E-state index in [1.54, 1.807) is 6.20 Å². The first-order valence-corrected chi connectivity index (χ1v) is 5.92. The molecule has 0 aliphatic rings. The summed E-state index contributed by atoms with van der Waals surface area (Å²) in [5.41, 5.74) is 2.81. The fraction of sp³-hybridized carbons (Fsp3) is 0.143. The molecule has 5 nitrogen and oxygen atoms in total. The molecular weight excluding hydrogens is 238 g/mol. The van der Waals surface area contributed by atoms with Gasteiger partial charge < -0.3 is 0 Å². The van der Waals surface area contributed by atoms with Crippen molar-refractivity contribution >= 4 is 11.0 Å². The zero-order chi connectivity index (χ0) is 13.2. The number of nitriles is 1. The Labute approximate surface area is 110 Å². The highest BCUT2D eigenvalue weighted by molar-refractivity contribution is 5.77. The summed E-state index contributed by atoms with van der Waals surface area (Å²) in [7, 11) is 0. The number of aryl methyl sites for hydroxylation is 1. The minimum absolute atomic E-state index is 0.240. The summed E-state index contributed by atoms with van der Waals surface area (Å²) in [5, 5.41) is 17.0. The van der Waals surface area contributed by atoms with Gasteiger partial charge in [-0.1, -0.05) is 12.1 Å². The van der Waals surface area contributed by atoms with Gasteiger partial charge in [-0.25, -0.2) is 4.98 Å². The van der Waals surface area contributed by atoms with Gasteiger partial charge in [0.25, 0.3) is 0 Å². The number of nitrogens with zero attached hydrogens (tertiary/aromatic N) is 5. The summed E-state index contributed by atoms with van der Waals surface area (Å²) in [6, 6.07) is 11.8. The van der Waals surface area contributed by atoms with Crippen LogP contribution in [0.15, 0.2) is 36.5 Å². The van der Waals surface area contributed by atoms with Crippen LogP contribution in [0, 0.1) is 18.3 Å². The van der Waals surface area contributed by atoms with Gasteiger partial charge in [-0.2, -0.15) is 10.4 Å². The largest absolute Gasteiger partial charge is 0.278 e. The zero-order valence-electron chi connectivity index (χ0n) is 10.4. The summed E-state index contributed by atoms with van der Waals surface area (Å²) >= 11 is 0. The Morgan fingerprint density at radius 1 is 1.32 bits per heavy atom. The molecule has 0 N–H and O–H groups in total. The molecule has 3 aromatic rings. The Bertz CT molecular complexity index is 782. The maximum absolute atomic E-state index is 8.93. The number of fused-ring (bicyclic) bond motifs is 1. The number of para-hydroxylation sites is 2. The van der Waals surface area contributed by atoms with Crippen LogP contribution in [0.3, 0.4) is 0 Å². The van der Waals surface area contributed by atoms with E-state index in [-0.39, 0.29) is 6.42 Å². The van der Waals surface area contributed by atoms with Crippen molar-refractivity contribution in [2.24, 2.45) is 0 Å². The molecule has 0 fully saturated rings. The molecule has 5 heteroatoms. The van der Waals surface area contributed by atoms with Gasteiger partial charge in [0.1, 0.15) is 5.82 Å². The molecule has 19 heavy (non-hydrogen) atoms. The maximum Gasteiger partial charge on any atom is 0.161 e. The summed E-state index contributed by atoms with van der Waals surface area (Å²) in [5.74, 6) is 1.38. The maximum atomic E-state index is 8.93. The SMILES string of the molecule is Cc1cnnc(-n2c(CC#N)nc3ccccc32)c1. The van der Waals surface area contributed by atoms with Crippen LogP contribution < -0.4 is 0 Å². The lowest BCUT2D eigenvalue weighted by Crippen LogP contribution is -2.04. The lowest BCUT2D eigenvalue weighted by atomic mass is 10.3. The summed E-state index contributed by atoms with van der Waals surface area (Å²) in [6.45, 7) is 1.96. The Morgan fingerprint density at radius 2 is 2.16 bits per heavy atom. The second kappa shape index (κ2) is 4.50. The highest BCUT2D eigenvalue weighted by Crippen LogP contribution is 2.20. The minimum atomic E-state index is 0.240. The Balaban J connectivity index is 2.31. The van der Waals surface area contributed by atoms with Gasteiger partial charge in [0.05, 0.1) is 29.7 Å². The van der Waals surface area contributed by atoms with Gasteiger partial charge in [0, 0.05) is 0 Å². The molecule has 3 rings (SSSR count). The van der Waals surface area contributed by atoms with E-state index in [0.29, 0.717) is 11.6 Å². The zero-order valence-corrected chi connectivity index (χ0v) is 10.4. The van der Waals surface area contributed by atoms with Crippen molar-refractivity contribution < 1.29 is 0 Å². The molecular formula is C14H11N5. The van der Waals surface area contributed by atoms with Gasteiger partial charge in [-0.15, -0.1) is 5.10 Å². The molecule has 0 atom stereocenters. The number of hydrogen-bond acceptors (Lipinski definition) is 4. The molecule has 0 saturated heterocycles. The lowest BCUT2D eigenvalue weighted by molar-refractivity contribution is 0.872. The van der Waals surface area contributed by atoms with Crippen LogP contribution in [0.25, 0.3) is 16.9 Å². The first-order chi connectivity index (χ1) is 9.29. The van der Waals surface area contributed by atoms with E-state index in [1.165, 1.54) is 0 Å². The van der Waals surface area contributed by atoms with Gasteiger partial charge in [-0.3, -0.25) is 4.57 Å². The molecule has 0 radical (unpaired) electrons. The van der Waals surface area contributed by atoms with Gasteiger partial charge >= 0.3 is 0 Å². The second-order valence-electron chi connectivity index (χ2n) is 4.28. The third-order valence-corrected chi connectivity index (χ3v) is 2.87. The highest BCUT2D eigenvalue weighted by atomic mass is 15.2. The lowest BCUT2D eigenvalue weighted by Gasteiger charge is -2.06. The van der Waals surface area contributed by atoms with Gasteiger partial charge in [-0.05, 0) is 30.7 Å². The van der Waals surface area contributed by atoms with Crippen molar-refractivity contribution in [3.05, 3.63) is 47.9 Å². The molecule has 2 heterocycles. The molecule has 2 aromatic heterocycles. The molecule has 0 aliphatic heterocycles.